The molecule has 5 nitrogen and oxygen atoms in total. The Labute approximate surface area is 137 Å². The van der Waals surface area contributed by atoms with E-state index >= 15 is 0 Å². The third-order valence-electron chi connectivity index (χ3n) is 3.12. The Kier molecular flexibility index (Phi) is 5.83. The van der Waals surface area contributed by atoms with Crippen molar-refractivity contribution in [1.82, 2.24) is 0 Å². The molecule has 126 valence electrons. The molecule has 0 fully saturated rings. The number of ketones is 1. The molecular formula is C17H16F2N2O3. The fraction of sp³-hybridized carbons (Fsp3) is 0.176. The number of Topliss-reactive ketones (excluding diaryl/α,β-unsaturated/α-hetero) is 1. The molecule has 2 N–H and O–H groups in total. The molecule has 0 aliphatic rings. The minimum atomic E-state index is -2.98. The van der Waals surface area contributed by atoms with Gasteiger partial charge < -0.3 is 15.4 Å². The first-order valence-electron chi connectivity index (χ1n) is 7.15. The maximum absolute atomic E-state index is 12.3. The summed E-state index contributed by atoms with van der Waals surface area (Å²) in [5.41, 5.74) is 1.13. The van der Waals surface area contributed by atoms with E-state index in [2.05, 4.69) is 15.4 Å². The third-order valence-corrected chi connectivity index (χ3v) is 3.12. The van der Waals surface area contributed by atoms with Gasteiger partial charge in [-0.25, -0.2) is 0 Å². The van der Waals surface area contributed by atoms with Crippen molar-refractivity contribution in [3.63, 3.8) is 0 Å². The molecule has 2 aromatic rings. The number of amides is 1. The summed E-state index contributed by atoms with van der Waals surface area (Å²) in [6.07, 6.45) is 0. The third kappa shape index (κ3) is 4.77. The molecule has 0 radical (unpaired) electrons. The molecule has 0 unspecified atom stereocenters. The van der Waals surface area contributed by atoms with Crippen LogP contribution in [-0.4, -0.2) is 24.8 Å². The number of ether oxygens (including phenoxy) is 1. The Morgan fingerprint density at radius 2 is 1.67 bits per heavy atom. The molecule has 0 heterocycles. The van der Waals surface area contributed by atoms with Gasteiger partial charge in [0.1, 0.15) is 5.75 Å². The van der Waals surface area contributed by atoms with Gasteiger partial charge in [-0.3, -0.25) is 9.59 Å². The lowest BCUT2D eigenvalue weighted by molar-refractivity contribution is -0.114. The molecule has 0 saturated heterocycles. The highest BCUT2D eigenvalue weighted by atomic mass is 19.3. The highest BCUT2D eigenvalue weighted by molar-refractivity contribution is 6.01. The van der Waals surface area contributed by atoms with E-state index < -0.39 is 12.5 Å². The average Bonchev–Trinajstić information content (AvgIpc) is 2.54. The van der Waals surface area contributed by atoms with E-state index in [1.165, 1.54) is 25.1 Å². The molecule has 2 rings (SSSR count). The summed E-state index contributed by atoms with van der Waals surface area (Å²) in [5, 5.41) is 5.34. The Balaban J connectivity index is 2.01. The number of carbonyl (C=O) groups excluding carboxylic acids is 2. The molecule has 2 aromatic carbocycles. The second-order valence-corrected chi connectivity index (χ2v) is 4.88. The predicted octanol–water partition coefficient (Wildman–Crippen LogP) is 3.54. The molecule has 0 atom stereocenters. The van der Waals surface area contributed by atoms with Crippen LogP contribution in [-0.2, 0) is 4.79 Å². The molecule has 7 heteroatoms. The molecule has 0 spiro atoms. The van der Waals surface area contributed by atoms with Crippen molar-refractivity contribution < 1.29 is 23.1 Å². The topological polar surface area (TPSA) is 67.4 Å². The van der Waals surface area contributed by atoms with Crippen LogP contribution in [0.2, 0.25) is 0 Å². The smallest absolute Gasteiger partial charge is 0.387 e. The lowest BCUT2D eigenvalue weighted by Gasteiger charge is -2.13. The van der Waals surface area contributed by atoms with E-state index in [0.29, 0.717) is 11.3 Å². The second kappa shape index (κ2) is 8.05. The Morgan fingerprint density at radius 3 is 2.33 bits per heavy atom. The number of hydrogen-bond acceptors (Lipinski definition) is 4. The molecule has 1 amide bonds. The maximum Gasteiger partial charge on any atom is 0.387 e. The number of benzene rings is 2. The minimum absolute atomic E-state index is 0.120. The first-order chi connectivity index (χ1) is 11.5. The fourth-order valence-corrected chi connectivity index (χ4v) is 2.08. The lowest BCUT2D eigenvalue weighted by atomic mass is 10.1. The van der Waals surface area contributed by atoms with E-state index in [4.69, 9.17) is 0 Å². The van der Waals surface area contributed by atoms with Crippen LogP contribution in [0.15, 0.2) is 48.5 Å². The number of rotatable bonds is 7. The van der Waals surface area contributed by atoms with Gasteiger partial charge in [0.2, 0.25) is 5.91 Å². The quantitative estimate of drug-likeness (QED) is 0.760. The van der Waals surface area contributed by atoms with Gasteiger partial charge in [-0.1, -0.05) is 24.3 Å². The molecule has 0 aliphatic heterocycles. The number of alkyl halides is 2. The summed E-state index contributed by atoms with van der Waals surface area (Å²) in [5.74, 6) is -0.710. The van der Waals surface area contributed by atoms with Crippen LogP contribution in [0.3, 0.4) is 0 Å². The van der Waals surface area contributed by atoms with Gasteiger partial charge in [-0.05, 0) is 31.2 Å². The number of carbonyl (C=O) groups is 2. The number of anilines is 2. The van der Waals surface area contributed by atoms with Crippen molar-refractivity contribution in [1.29, 1.82) is 0 Å². The van der Waals surface area contributed by atoms with Crippen LogP contribution >= 0.6 is 0 Å². The van der Waals surface area contributed by atoms with Crippen molar-refractivity contribution >= 4 is 23.1 Å². The minimum Gasteiger partial charge on any atom is -0.433 e. The Morgan fingerprint density at radius 1 is 1.04 bits per heavy atom. The van der Waals surface area contributed by atoms with E-state index in [1.54, 1.807) is 30.3 Å². The maximum atomic E-state index is 12.3. The lowest BCUT2D eigenvalue weighted by Crippen LogP contribution is -2.23. The van der Waals surface area contributed by atoms with Gasteiger partial charge in [0, 0.05) is 11.3 Å². The second-order valence-electron chi connectivity index (χ2n) is 4.88. The summed E-state index contributed by atoms with van der Waals surface area (Å²) in [4.78, 5) is 23.5. The van der Waals surface area contributed by atoms with Crippen molar-refractivity contribution in [3.8, 4) is 5.75 Å². The molecular weight excluding hydrogens is 318 g/mol. The SMILES string of the molecule is CC(=O)c1ccccc1NCC(=O)Nc1ccccc1OC(F)F. The Hall–Kier alpha value is -2.96. The van der Waals surface area contributed by atoms with E-state index in [1.807, 2.05) is 0 Å². The fourth-order valence-electron chi connectivity index (χ4n) is 2.08. The molecule has 24 heavy (non-hydrogen) atoms. The van der Waals surface area contributed by atoms with Crippen LogP contribution in [0.4, 0.5) is 20.2 Å². The normalized spacial score (nSPS) is 10.3. The average molecular weight is 334 g/mol. The zero-order valence-corrected chi connectivity index (χ0v) is 12.9. The standard InChI is InChI=1S/C17H16F2N2O3/c1-11(22)12-6-2-3-7-13(12)20-10-16(23)21-14-8-4-5-9-15(14)24-17(18)19/h2-9,17,20H,10H2,1H3,(H,21,23). The van der Waals surface area contributed by atoms with Gasteiger partial charge in [0.15, 0.2) is 5.78 Å². The summed E-state index contributed by atoms with van der Waals surface area (Å²) >= 11 is 0. The van der Waals surface area contributed by atoms with Crippen molar-refractivity contribution in [2.45, 2.75) is 13.5 Å². The molecule has 0 bridgehead atoms. The van der Waals surface area contributed by atoms with E-state index in [0.717, 1.165) is 0 Å². The highest BCUT2D eigenvalue weighted by Crippen LogP contribution is 2.25. The molecule has 0 saturated carbocycles. The summed E-state index contributed by atoms with van der Waals surface area (Å²) in [7, 11) is 0. The van der Waals surface area contributed by atoms with Crippen LogP contribution in [0.25, 0.3) is 0 Å². The summed E-state index contributed by atoms with van der Waals surface area (Å²) in [6.45, 7) is -1.69. The van der Waals surface area contributed by atoms with E-state index in [9.17, 15) is 18.4 Å². The first kappa shape index (κ1) is 17.4. The summed E-state index contributed by atoms with van der Waals surface area (Å²) in [6, 6.07) is 12.7. The number of hydrogen-bond donors (Lipinski definition) is 2. The largest absolute Gasteiger partial charge is 0.433 e. The van der Waals surface area contributed by atoms with Gasteiger partial charge in [0.25, 0.3) is 0 Å². The predicted molar refractivity (Wildman–Crippen MR) is 86.6 cm³/mol. The Bertz CT molecular complexity index is 735. The highest BCUT2D eigenvalue weighted by Gasteiger charge is 2.12. The zero-order valence-electron chi connectivity index (χ0n) is 12.9. The summed E-state index contributed by atoms with van der Waals surface area (Å²) < 4.78 is 29.0. The van der Waals surface area contributed by atoms with Crippen molar-refractivity contribution in [2.24, 2.45) is 0 Å². The van der Waals surface area contributed by atoms with Gasteiger partial charge in [-0.2, -0.15) is 8.78 Å². The molecule has 0 aliphatic carbocycles. The zero-order chi connectivity index (χ0) is 17.5. The first-order valence-corrected chi connectivity index (χ1v) is 7.15. The number of halogens is 2. The van der Waals surface area contributed by atoms with Gasteiger partial charge in [-0.15, -0.1) is 0 Å². The van der Waals surface area contributed by atoms with Gasteiger partial charge in [0.05, 0.1) is 12.2 Å². The van der Waals surface area contributed by atoms with E-state index in [-0.39, 0.29) is 23.8 Å². The van der Waals surface area contributed by atoms with Crippen LogP contribution in [0, 0.1) is 0 Å². The number of para-hydroxylation sites is 3. The molecule has 0 aromatic heterocycles. The van der Waals surface area contributed by atoms with Crippen LogP contribution in [0.5, 0.6) is 5.75 Å². The number of nitrogens with one attached hydrogen (secondary N) is 2. The van der Waals surface area contributed by atoms with Crippen molar-refractivity contribution in [2.75, 3.05) is 17.2 Å². The van der Waals surface area contributed by atoms with Crippen LogP contribution in [0.1, 0.15) is 17.3 Å². The van der Waals surface area contributed by atoms with Crippen LogP contribution < -0.4 is 15.4 Å². The van der Waals surface area contributed by atoms with Gasteiger partial charge >= 0.3 is 6.61 Å². The monoisotopic (exact) mass is 334 g/mol. The van der Waals surface area contributed by atoms with Crippen molar-refractivity contribution in [3.05, 3.63) is 54.1 Å².